The summed E-state index contributed by atoms with van der Waals surface area (Å²) in [6.45, 7) is 3.91. The Labute approximate surface area is 195 Å². The van der Waals surface area contributed by atoms with Crippen LogP contribution in [-0.2, 0) is 11.3 Å². The Morgan fingerprint density at radius 1 is 1.03 bits per heavy atom. The van der Waals surface area contributed by atoms with Gasteiger partial charge in [0.1, 0.15) is 5.70 Å². The zero-order valence-electron chi connectivity index (χ0n) is 18.2. The fourth-order valence-electron chi connectivity index (χ4n) is 3.13. The molecular formula is C25H22N4O3S. The van der Waals surface area contributed by atoms with Gasteiger partial charge in [0.05, 0.1) is 6.54 Å². The van der Waals surface area contributed by atoms with Gasteiger partial charge in [0.25, 0.3) is 11.8 Å². The molecule has 0 aliphatic rings. The van der Waals surface area contributed by atoms with E-state index in [1.165, 1.54) is 11.3 Å². The molecule has 0 spiro atoms. The molecule has 33 heavy (non-hydrogen) atoms. The van der Waals surface area contributed by atoms with Crippen molar-refractivity contribution >= 4 is 29.2 Å². The average molecular weight is 459 g/mol. The Morgan fingerprint density at radius 2 is 1.82 bits per heavy atom. The van der Waals surface area contributed by atoms with Gasteiger partial charge in [-0.1, -0.05) is 52.7 Å². The largest absolute Gasteiger partial charge is 0.342 e. The normalized spacial score (nSPS) is 11.3. The van der Waals surface area contributed by atoms with Gasteiger partial charge in [-0.15, -0.1) is 11.3 Å². The van der Waals surface area contributed by atoms with Crippen LogP contribution in [-0.4, -0.2) is 22.0 Å². The number of amides is 2. The molecule has 2 aromatic heterocycles. The Hall–Kier alpha value is -4.04. The molecule has 4 aromatic rings. The molecule has 0 fully saturated rings. The fraction of sp³-hybridized carbons (Fsp3) is 0.120. The van der Waals surface area contributed by atoms with E-state index in [1.807, 2.05) is 61.7 Å². The number of aryl methyl sites for hydroxylation is 2. The van der Waals surface area contributed by atoms with Gasteiger partial charge in [-0.05, 0) is 49.6 Å². The molecule has 0 aliphatic heterocycles. The van der Waals surface area contributed by atoms with Crippen molar-refractivity contribution in [2.75, 3.05) is 0 Å². The summed E-state index contributed by atoms with van der Waals surface area (Å²) in [6, 6.07) is 18.7. The number of hydrogen-bond donors (Lipinski definition) is 2. The highest BCUT2D eigenvalue weighted by atomic mass is 32.1. The lowest BCUT2D eigenvalue weighted by Crippen LogP contribution is -2.34. The number of rotatable bonds is 7. The number of carbonyl (C=O) groups excluding carboxylic acids is 2. The Kier molecular flexibility index (Phi) is 6.75. The summed E-state index contributed by atoms with van der Waals surface area (Å²) in [5.41, 5.74) is 3.47. The Balaban J connectivity index is 1.47. The SMILES string of the molecule is Cc1cccc(C(=O)N/C(=C\c2cccs2)C(=O)NCc2nc(-c3cccc(C)c3)no2)c1. The number of nitrogens with one attached hydrogen (secondary N) is 2. The molecule has 7 nitrogen and oxygen atoms in total. The summed E-state index contributed by atoms with van der Waals surface area (Å²) < 4.78 is 5.28. The van der Waals surface area contributed by atoms with Crippen LogP contribution in [0.3, 0.4) is 0 Å². The van der Waals surface area contributed by atoms with Gasteiger partial charge in [-0.3, -0.25) is 9.59 Å². The third kappa shape index (κ3) is 5.81. The fourth-order valence-corrected chi connectivity index (χ4v) is 3.79. The van der Waals surface area contributed by atoms with E-state index in [2.05, 4.69) is 20.8 Å². The summed E-state index contributed by atoms with van der Waals surface area (Å²) in [5, 5.41) is 11.3. The van der Waals surface area contributed by atoms with E-state index < -0.39 is 5.91 Å². The highest BCUT2D eigenvalue weighted by Crippen LogP contribution is 2.17. The molecule has 4 rings (SSSR count). The molecule has 0 saturated heterocycles. The van der Waals surface area contributed by atoms with E-state index in [-0.39, 0.29) is 24.0 Å². The number of carbonyl (C=O) groups is 2. The molecule has 0 bridgehead atoms. The minimum Gasteiger partial charge on any atom is -0.342 e. The van der Waals surface area contributed by atoms with E-state index in [9.17, 15) is 9.59 Å². The Bertz CT molecular complexity index is 1310. The monoisotopic (exact) mass is 458 g/mol. The molecule has 166 valence electrons. The van der Waals surface area contributed by atoms with Crippen molar-refractivity contribution in [3.05, 3.63) is 99.2 Å². The number of benzene rings is 2. The van der Waals surface area contributed by atoms with Gasteiger partial charge in [0.2, 0.25) is 11.7 Å². The molecule has 2 N–H and O–H groups in total. The highest BCUT2D eigenvalue weighted by molar-refractivity contribution is 7.10. The average Bonchev–Trinajstić information content (AvgIpc) is 3.49. The van der Waals surface area contributed by atoms with E-state index in [0.717, 1.165) is 21.6 Å². The van der Waals surface area contributed by atoms with Crippen molar-refractivity contribution < 1.29 is 14.1 Å². The maximum Gasteiger partial charge on any atom is 0.268 e. The molecule has 0 radical (unpaired) electrons. The van der Waals surface area contributed by atoms with Crippen molar-refractivity contribution in [1.82, 2.24) is 20.8 Å². The zero-order valence-corrected chi connectivity index (χ0v) is 19.0. The molecule has 0 unspecified atom stereocenters. The summed E-state index contributed by atoms with van der Waals surface area (Å²) in [4.78, 5) is 30.8. The number of hydrogen-bond acceptors (Lipinski definition) is 6. The summed E-state index contributed by atoms with van der Waals surface area (Å²) in [5.74, 6) is -0.110. The van der Waals surface area contributed by atoms with Gasteiger partial charge in [-0.2, -0.15) is 4.98 Å². The van der Waals surface area contributed by atoms with Crippen molar-refractivity contribution in [2.24, 2.45) is 0 Å². The second-order valence-corrected chi connectivity index (χ2v) is 8.44. The first-order valence-corrected chi connectivity index (χ1v) is 11.2. The first kappa shape index (κ1) is 22.2. The smallest absolute Gasteiger partial charge is 0.268 e. The highest BCUT2D eigenvalue weighted by Gasteiger charge is 2.17. The standard InChI is InChI=1S/C25H22N4O3S/c1-16-6-3-8-18(12-16)23-28-22(32-29-23)15-26-25(31)21(14-20-10-5-11-33-20)27-24(30)19-9-4-7-17(2)13-19/h3-14H,15H2,1-2H3,(H,26,31)(H,27,30)/b21-14-. The maximum absolute atomic E-state index is 12.9. The van der Waals surface area contributed by atoms with E-state index in [4.69, 9.17) is 4.52 Å². The van der Waals surface area contributed by atoms with Crippen molar-refractivity contribution in [1.29, 1.82) is 0 Å². The van der Waals surface area contributed by atoms with Crippen LogP contribution in [0.25, 0.3) is 17.5 Å². The van der Waals surface area contributed by atoms with Gasteiger partial charge in [0.15, 0.2) is 0 Å². The second-order valence-electron chi connectivity index (χ2n) is 7.46. The van der Waals surface area contributed by atoms with Crippen molar-refractivity contribution in [2.45, 2.75) is 20.4 Å². The van der Waals surface area contributed by atoms with Crippen LogP contribution in [0.5, 0.6) is 0 Å². The number of thiophene rings is 1. The molecule has 8 heteroatoms. The van der Waals surface area contributed by atoms with E-state index in [1.54, 1.807) is 24.3 Å². The maximum atomic E-state index is 12.9. The van der Waals surface area contributed by atoms with Crippen LogP contribution in [0.4, 0.5) is 0 Å². The van der Waals surface area contributed by atoms with Gasteiger partial charge in [-0.25, -0.2) is 0 Å². The quantitative estimate of drug-likeness (QED) is 0.398. The minimum absolute atomic E-state index is 0.0275. The lowest BCUT2D eigenvalue weighted by atomic mass is 10.1. The lowest BCUT2D eigenvalue weighted by molar-refractivity contribution is -0.118. The van der Waals surface area contributed by atoms with Crippen molar-refractivity contribution in [3.8, 4) is 11.4 Å². The van der Waals surface area contributed by atoms with Crippen LogP contribution in [0.1, 0.15) is 32.3 Å². The van der Waals surface area contributed by atoms with Crippen LogP contribution in [0, 0.1) is 13.8 Å². The number of aromatic nitrogens is 2. The molecular weight excluding hydrogens is 436 g/mol. The molecule has 2 heterocycles. The first-order valence-electron chi connectivity index (χ1n) is 10.3. The molecule has 0 atom stereocenters. The van der Waals surface area contributed by atoms with Gasteiger partial charge < -0.3 is 15.2 Å². The van der Waals surface area contributed by atoms with Crippen molar-refractivity contribution in [3.63, 3.8) is 0 Å². The molecule has 0 aliphatic carbocycles. The van der Waals surface area contributed by atoms with E-state index >= 15 is 0 Å². The molecule has 2 aromatic carbocycles. The van der Waals surface area contributed by atoms with E-state index in [0.29, 0.717) is 11.4 Å². The first-order chi connectivity index (χ1) is 16.0. The third-order valence-corrected chi connectivity index (χ3v) is 5.57. The van der Waals surface area contributed by atoms with Crippen LogP contribution in [0.2, 0.25) is 0 Å². The molecule has 0 saturated carbocycles. The third-order valence-electron chi connectivity index (χ3n) is 4.75. The Morgan fingerprint density at radius 3 is 2.55 bits per heavy atom. The zero-order chi connectivity index (χ0) is 23.2. The predicted octanol–water partition coefficient (Wildman–Crippen LogP) is 4.50. The summed E-state index contributed by atoms with van der Waals surface area (Å²) >= 11 is 1.46. The van der Waals surface area contributed by atoms with Crippen LogP contribution in [0.15, 0.2) is 76.3 Å². The van der Waals surface area contributed by atoms with Crippen LogP contribution >= 0.6 is 11.3 Å². The lowest BCUT2D eigenvalue weighted by Gasteiger charge is -2.10. The topological polar surface area (TPSA) is 97.1 Å². The van der Waals surface area contributed by atoms with Crippen LogP contribution < -0.4 is 10.6 Å². The predicted molar refractivity (Wildman–Crippen MR) is 127 cm³/mol. The van der Waals surface area contributed by atoms with Gasteiger partial charge >= 0.3 is 0 Å². The minimum atomic E-state index is -0.459. The molecule has 2 amide bonds. The summed E-state index contributed by atoms with van der Waals surface area (Å²) in [7, 11) is 0. The summed E-state index contributed by atoms with van der Waals surface area (Å²) in [6.07, 6.45) is 1.64. The number of nitrogens with zero attached hydrogens (tertiary/aromatic N) is 2. The second kappa shape index (κ2) is 10.1. The van der Waals surface area contributed by atoms with Gasteiger partial charge in [0, 0.05) is 16.0 Å².